The number of fused-ring (bicyclic) bond motifs is 1. The van der Waals surface area contributed by atoms with Crippen LogP contribution in [0.1, 0.15) is 33.4 Å². The zero-order valence-electron chi connectivity index (χ0n) is 19.5. The number of ether oxygens (including phenoxy) is 2. The molecule has 2 amide bonds. The lowest BCUT2D eigenvalue weighted by molar-refractivity contribution is -0.136. The van der Waals surface area contributed by atoms with Gasteiger partial charge in [0.15, 0.2) is 0 Å². The summed E-state index contributed by atoms with van der Waals surface area (Å²) in [5, 5.41) is 0. The van der Waals surface area contributed by atoms with Crippen LogP contribution in [-0.2, 0) is 14.3 Å². The number of amides is 2. The minimum absolute atomic E-state index is 0.0510. The largest absolute Gasteiger partial charge is 0.383 e. The van der Waals surface area contributed by atoms with Gasteiger partial charge in [-0.3, -0.25) is 14.5 Å². The van der Waals surface area contributed by atoms with E-state index < -0.39 is 5.92 Å². The molecular formula is C26H33N3O4. The van der Waals surface area contributed by atoms with Gasteiger partial charge in [0.05, 0.1) is 25.2 Å². The Balaban J connectivity index is 1.69. The zero-order valence-corrected chi connectivity index (χ0v) is 19.5. The molecule has 2 heterocycles. The van der Waals surface area contributed by atoms with Crippen LogP contribution in [0.5, 0.6) is 0 Å². The van der Waals surface area contributed by atoms with E-state index in [0.717, 1.165) is 30.8 Å². The molecule has 0 unspecified atom stereocenters. The fourth-order valence-corrected chi connectivity index (χ4v) is 4.92. The average Bonchev–Trinajstić information content (AvgIpc) is 2.87. The maximum absolute atomic E-state index is 14.1. The highest BCUT2D eigenvalue weighted by Crippen LogP contribution is 2.43. The van der Waals surface area contributed by atoms with Crippen LogP contribution >= 0.6 is 0 Å². The molecule has 7 heteroatoms. The molecule has 2 atom stereocenters. The molecule has 0 saturated carbocycles. The van der Waals surface area contributed by atoms with E-state index >= 15 is 0 Å². The molecule has 2 aromatic carbocycles. The van der Waals surface area contributed by atoms with Gasteiger partial charge in [-0.2, -0.15) is 0 Å². The average molecular weight is 452 g/mol. The van der Waals surface area contributed by atoms with Gasteiger partial charge in [0.1, 0.15) is 0 Å². The molecule has 0 spiro atoms. The standard InChI is InChI=1S/C26H33N3O4/c1-32-18-16-27-12-14-28(15-13-27)26(31)23-21-10-6-7-11-22(21)25(30)29(17-19-33-2)24(23)20-8-4-3-5-9-20/h3-11,23-24H,12-19H2,1-2H3/t23-,24+/m1/s1. The molecule has 1 fully saturated rings. The third-order valence-electron chi connectivity index (χ3n) is 6.68. The summed E-state index contributed by atoms with van der Waals surface area (Å²) < 4.78 is 10.5. The smallest absolute Gasteiger partial charge is 0.254 e. The van der Waals surface area contributed by atoms with E-state index in [1.54, 1.807) is 14.2 Å². The monoisotopic (exact) mass is 451 g/mol. The van der Waals surface area contributed by atoms with E-state index in [2.05, 4.69) is 4.90 Å². The van der Waals surface area contributed by atoms with Gasteiger partial charge in [-0.25, -0.2) is 0 Å². The Labute approximate surface area is 195 Å². The molecule has 2 aliphatic rings. The summed E-state index contributed by atoms with van der Waals surface area (Å²) in [7, 11) is 3.34. The van der Waals surface area contributed by atoms with Crippen LogP contribution in [0, 0.1) is 0 Å². The highest BCUT2D eigenvalue weighted by atomic mass is 16.5. The van der Waals surface area contributed by atoms with E-state index in [4.69, 9.17) is 9.47 Å². The second-order valence-electron chi connectivity index (χ2n) is 8.57. The predicted octanol–water partition coefficient (Wildman–Crippen LogP) is 2.40. The summed E-state index contributed by atoms with van der Waals surface area (Å²) in [6, 6.07) is 17.1. The molecule has 4 rings (SSSR count). The number of hydrogen-bond acceptors (Lipinski definition) is 5. The third-order valence-corrected chi connectivity index (χ3v) is 6.68. The fourth-order valence-electron chi connectivity index (χ4n) is 4.92. The van der Waals surface area contributed by atoms with E-state index in [0.29, 0.717) is 38.4 Å². The minimum Gasteiger partial charge on any atom is -0.383 e. The van der Waals surface area contributed by atoms with Gasteiger partial charge >= 0.3 is 0 Å². The minimum atomic E-state index is -0.455. The Kier molecular flexibility index (Phi) is 7.75. The van der Waals surface area contributed by atoms with Crippen molar-refractivity contribution in [1.29, 1.82) is 0 Å². The third kappa shape index (κ3) is 4.95. The maximum Gasteiger partial charge on any atom is 0.254 e. The quantitative estimate of drug-likeness (QED) is 0.617. The van der Waals surface area contributed by atoms with Crippen molar-refractivity contribution in [1.82, 2.24) is 14.7 Å². The first-order chi connectivity index (χ1) is 16.2. The van der Waals surface area contributed by atoms with Crippen LogP contribution < -0.4 is 0 Å². The Morgan fingerprint density at radius 2 is 1.52 bits per heavy atom. The van der Waals surface area contributed by atoms with Crippen LogP contribution in [-0.4, -0.2) is 93.2 Å². The van der Waals surface area contributed by atoms with E-state index in [9.17, 15) is 9.59 Å². The molecule has 0 N–H and O–H groups in total. The van der Waals surface area contributed by atoms with Crippen LogP contribution in [0.2, 0.25) is 0 Å². The SMILES string of the molecule is COCCN1CCN(C(=O)[C@@H]2c3ccccc3C(=O)N(CCOC)[C@H]2c2ccccc2)CC1. The number of nitrogens with zero attached hydrogens (tertiary/aromatic N) is 3. The van der Waals surface area contributed by atoms with Gasteiger partial charge in [0, 0.05) is 59.1 Å². The van der Waals surface area contributed by atoms with Crippen molar-refractivity contribution >= 4 is 11.8 Å². The van der Waals surface area contributed by atoms with Gasteiger partial charge in [-0.05, 0) is 17.2 Å². The molecule has 0 bridgehead atoms. The first-order valence-electron chi connectivity index (χ1n) is 11.6. The summed E-state index contributed by atoms with van der Waals surface area (Å²) in [4.78, 5) is 33.7. The molecule has 0 aromatic heterocycles. The summed E-state index contributed by atoms with van der Waals surface area (Å²) in [5.74, 6) is -0.425. The molecule has 1 saturated heterocycles. The number of benzene rings is 2. The van der Waals surface area contributed by atoms with Gasteiger partial charge in [-0.1, -0.05) is 48.5 Å². The first kappa shape index (κ1) is 23.4. The lowest BCUT2D eigenvalue weighted by Crippen LogP contribution is -2.54. The van der Waals surface area contributed by atoms with Crippen LogP contribution in [0.3, 0.4) is 0 Å². The number of carbonyl (C=O) groups excluding carboxylic acids is 2. The normalized spacial score (nSPS) is 21.2. The first-order valence-corrected chi connectivity index (χ1v) is 11.6. The summed E-state index contributed by atoms with van der Waals surface area (Å²) in [6.07, 6.45) is 0. The molecule has 0 aliphatic carbocycles. The summed E-state index contributed by atoms with van der Waals surface area (Å²) in [6.45, 7) is 5.41. The summed E-state index contributed by atoms with van der Waals surface area (Å²) >= 11 is 0. The second-order valence-corrected chi connectivity index (χ2v) is 8.57. The predicted molar refractivity (Wildman–Crippen MR) is 126 cm³/mol. The topological polar surface area (TPSA) is 62.3 Å². The Morgan fingerprint density at radius 1 is 0.879 bits per heavy atom. The Morgan fingerprint density at radius 3 is 2.21 bits per heavy atom. The number of rotatable bonds is 8. The molecule has 176 valence electrons. The highest BCUT2D eigenvalue weighted by molar-refractivity contribution is 6.01. The Bertz CT molecular complexity index is 944. The lowest BCUT2D eigenvalue weighted by atomic mass is 9.78. The van der Waals surface area contributed by atoms with Crippen LogP contribution in [0.15, 0.2) is 54.6 Å². The number of piperazine rings is 1. The van der Waals surface area contributed by atoms with Crippen molar-refractivity contribution in [2.24, 2.45) is 0 Å². The van der Waals surface area contributed by atoms with Crippen LogP contribution in [0.25, 0.3) is 0 Å². The zero-order chi connectivity index (χ0) is 23.2. The maximum atomic E-state index is 14.1. The van der Waals surface area contributed by atoms with Gasteiger partial charge < -0.3 is 19.3 Å². The number of hydrogen-bond donors (Lipinski definition) is 0. The van der Waals surface area contributed by atoms with Gasteiger partial charge in [0.2, 0.25) is 5.91 Å². The second kappa shape index (κ2) is 10.9. The van der Waals surface area contributed by atoms with E-state index in [1.807, 2.05) is 64.4 Å². The molecule has 33 heavy (non-hydrogen) atoms. The molecule has 2 aromatic rings. The number of carbonyl (C=O) groups is 2. The number of methoxy groups -OCH3 is 2. The van der Waals surface area contributed by atoms with Gasteiger partial charge in [0.25, 0.3) is 5.91 Å². The van der Waals surface area contributed by atoms with Crippen molar-refractivity contribution in [3.05, 3.63) is 71.3 Å². The van der Waals surface area contributed by atoms with Crippen LogP contribution in [0.4, 0.5) is 0 Å². The Hall–Kier alpha value is -2.74. The van der Waals surface area contributed by atoms with Gasteiger partial charge in [-0.15, -0.1) is 0 Å². The van der Waals surface area contributed by atoms with Crippen molar-refractivity contribution in [2.45, 2.75) is 12.0 Å². The van der Waals surface area contributed by atoms with E-state index in [-0.39, 0.29) is 17.9 Å². The molecule has 0 radical (unpaired) electrons. The lowest BCUT2D eigenvalue weighted by Gasteiger charge is -2.44. The van der Waals surface area contributed by atoms with Crippen molar-refractivity contribution in [3.63, 3.8) is 0 Å². The van der Waals surface area contributed by atoms with Crippen molar-refractivity contribution in [2.75, 3.05) is 66.7 Å². The molecule has 2 aliphatic heterocycles. The summed E-state index contributed by atoms with van der Waals surface area (Å²) in [5.41, 5.74) is 2.39. The highest BCUT2D eigenvalue weighted by Gasteiger charge is 2.45. The van der Waals surface area contributed by atoms with Crippen molar-refractivity contribution in [3.8, 4) is 0 Å². The fraction of sp³-hybridized carbons (Fsp3) is 0.462. The molecular weight excluding hydrogens is 418 g/mol. The van der Waals surface area contributed by atoms with E-state index in [1.165, 1.54) is 0 Å². The van der Waals surface area contributed by atoms with Crippen molar-refractivity contribution < 1.29 is 19.1 Å². The molecule has 7 nitrogen and oxygen atoms in total.